The molecule has 5 heavy (non-hydrogen) atoms. The van der Waals surface area contributed by atoms with Crippen molar-refractivity contribution in [1.82, 2.24) is 0 Å². The largest absolute Gasteiger partial charge is 0.602 e. The van der Waals surface area contributed by atoms with Gasteiger partial charge in [0.05, 0.1) is 0 Å². The Labute approximate surface area is 30.9 Å². The second-order valence-electron chi connectivity index (χ2n) is 0.952. The number of hydrogen-bond acceptors (Lipinski definition) is 1. The summed E-state index contributed by atoms with van der Waals surface area (Å²) in [6, 6.07) is 0. The van der Waals surface area contributed by atoms with Crippen LogP contribution in [0.25, 0.3) is 5.43 Å². The maximum absolute atomic E-state index is 3.65. The molecular formula is C3H5N2-. The molecule has 0 atom stereocenters. The van der Waals surface area contributed by atoms with Gasteiger partial charge in [0.1, 0.15) is 0 Å². The normalized spacial score (nSPS) is 19.2. The summed E-state index contributed by atoms with van der Waals surface area (Å²) in [6.45, 7) is 0.903. The van der Waals surface area contributed by atoms with Crippen LogP contribution in [0.2, 0.25) is 0 Å². The first-order chi connectivity index (χ1) is 2.50. The third kappa shape index (κ3) is 0.375. The summed E-state index contributed by atoms with van der Waals surface area (Å²) in [7, 11) is 0. The summed E-state index contributed by atoms with van der Waals surface area (Å²) < 4.78 is 0. The molecule has 0 aromatic carbocycles. The Bertz CT molecular complexity index is 42.9. The molecule has 0 aromatic rings. The summed E-state index contributed by atoms with van der Waals surface area (Å²) in [5, 5.41) is 3.58. The monoisotopic (exact) mass is 69.0 g/mol. The third-order valence-electron chi connectivity index (χ3n) is 0.521. The van der Waals surface area contributed by atoms with E-state index in [2.05, 4.69) is 10.5 Å². The third-order valence-corrected chi connectivity index (χ3v) is 0.521. The Morgan fingerprint density at radius 3 is 3.00 bits per heavy atom. The number of rotatable bonds is 0. The summed E-state index contributed by atoms with van der Waals surface area (Å²) in [4.78, 5) is 0. The van der Waals surface area contributed by atoms with Gasteiger partial charge in [0.2, 0.25) is 0 Å². The van der Waals surface area contributed by atoms with Crippen molar-refractivity contribution < 1.29 is 0 Å². The number of nitrogens with zero attached hydrogens (tertiary/aromatic N) is 2. The Kier molecular flexibility index (Phi) is 0.571. The van der Waals surface area contributed by atoms with Crippen molar-refractivity contribution in [1.29, 1.82) is 0 Å². The van der Waals surface area contributed by atoms with Gasteiger partial charge in [0.15, 0.2) is 0 Å². The Morgan fingerprint density at radius 2 is 2.80 bits per heavy atom. The minimum atomic E-state index is 0.903. The van der Waals surface area contributed by atoms with Crippen molar-refractivity contribution in [2.75, 3.05) is 6.54 Å². The molecule has 1 aliphatic rings. The standard InChI is InChI=1S/C3H5N2/c1-2-4-5-3-1/h2H,1,3H2/q-1. The van der Waals surface area contributed by atoms with Crippen LogP contribution in [0, 0.1) is 0 Å². The van der Waals surface area contributed by atoms with E-state index in [0.29, 0.717) is 0 Å². The fourth-order valence-corrected chi connectivity index (χ4v) is 0.289. The zero-order chi connectivity index (χ0) is 3.54. The van der Waals surface area contributed by atoms with Crippen LogP contribution in [0.4, 0.5) is 0 Å². The van der Waals surface area contributed by atoms with Crippen LogP contribution >= 0.6 is 0 Å². The topological polar surface area (TPSA) is 26.5 Å². The summed E-state index contributed by atoms with van der Waals surface area (Å²) in [5.74, 6) is 0. The molecule has 2 heteroatoms. The van der Waals surface area contributed by atoms with Crippen molar-refractivity contribution in [2.45, 2.75) is 6.42 Å². The second kappa shape index (κ2) is 1.06. The second-order valence-corrected chi connectivity index (χ2v) is 0.952. The molecule has 0 bridgehead atoms. The van der Waals surface area contributed by atoms with Crippen LogP contribution in [-0.4, -0.2) is 12.8 Å². The Morgan fingerprint density at radius 1 is 1.80 bits per heavy atom. The zero-order valence-electron chi connectivity index (χ0n) is 2.89. The van der Waals surface area contributed by atoms with E-state index in [-0.39, 0.29) is 0 Å². The van der Waals surface area contributed by atoms with Gasteiger partial charge in [-0.1, -0.05) is 0 Å². The molecule has 1 heterocycles. The Balaban J connectivity index is 2.32. The first kappa shape index (κ1) is 2.69. The van der Waals surface area contributed by atoms with Crippen molar-refractivity contribution in [3.63, 3.8) is 0 Å². The predicted octanol–water partition coefficient (Wildman–Crippen LogP) is 0.750. The van der Waals surface area contributed by atoms with Crippen LogP contribution < -0.4 is 0 Å². The van der Waals surface area contributed by atoms with Gasteiger partial charge in [0.25, 0.3) is 0 Å². The zero-order valence-corrected chi connectivity index (χ0v) is 2.89. The average molecular weight is 69.1 g/mol. The molecule has 0 fully saturated rings. The summed E-state index contributed by atoms with van der Waals surface area (Å²) in [5.41, 5.74) is 3.65. The van der Waals surface area contributed by atoms with Crippen LogP contribution in [-0.2, 0) is 0 Å². The van der Waals surface area contributed by atoms with Crippen LogP contribution in [0.15, 0.2) is 5.10 Å². The Hall–Kier alpha value is -0.530. The van der Waals surface area contributed by atoms with Crippen molar-refractivity contribution in [2.24, 2.45) is 5.10 Å². The van der Waals surface area contributed by atoms with Gasteiger partial charge in [-0.25, -0.2) is 0 Å². The van der Waals surface area contributed by atoms with Gasteiger partial charge in [-0.2, -0.15) is 0 Å². The lowest BCUT2D eigenvalue weighted by atomic mass is 10.5. The molecular weight excluding hydrogens is 64.0 g/mol. The molecule has 1 aliphatic heterocycles. The molecule has 0 amide bonds. The first-order valence-electron chi connectivity index (χ1n) is 1.68. The smallest absolute Gasteiger partial charge is 0.0205 e. The van der Waals surface area contributed by atoms with E-state index >= 15 is 0 Å². The van der Waals surface area contributed by atoms with Crippen LogP contribution in [0.5, 0.6) is 0 Å². The molecule has 0 radical (unpaired) electrons. The minimum absolute atomic E-state index is 0.903. The van der Waals surface area contributed by atoms with Gasteiger partial charge in [0, 0.05) is 0 Å². The molecule has 0 aliphatic carbocycles. The van der Waals surface area contributed by atoms with E-state index in [1.807, 2.05) is 6.21 Å². The molecule has 0 unspecified atom stereocenters. The molecule has 2 nitrogen and oxygen atoms in total. The van der Waals surface area contributed by atoms with E-state index in [1.54, 1.807) is 0 Å². The lowest BCUT2D eigenvalue weighted by Gasteiger charge is -1.98. The fourth-order valence-electron chi connectivity index (χ4n) is 0.289. The quantitative estimate of drug-likeness (QED) is 0.401. The van der Waals surface area contributed by atoms with Crippen LogP contribution in [0.1, 0.15) is 6.42 Å². The first-order valence-corrected chi connectivity index (χ1v) is 1.68. The van der Waals surface area contributed by atoms with Crippen molar-refractivity contribution in [3.05, 3.63) is 5.43 Å². The van der Waals surface area contributed by atoms with E-state index in [0.717, 1.165) is 13.0 Å². The van der Waals surface area contributed by atoms with Crippen molar-refractivity contribution >= 4 is 6.21 Å². The average Bonchev–Trinajstić information content (AvgIpc) is 1.76. The molecule has 0 saturated carbocycles. The molecule has 28 valence electrons. The maximum atomic E-state index is 3.65. The van der Waals surface area contributed by atoms with Crippen LogP contribution in [0.3, 0.4) is 0 Å². The molecule has 0 saturated heterocycles. The highest BCUT2D eigenvalue weighted by Gasteiger charge is 1.70. The fraction of sp³-hybridized carbons (Fsp3) is 0.667. The predicted molar refractivity (Wildman–Crippen MR) is 21.3 cm³/mol. The van der Waals surface area contributed by atoms with E-state index in [4.69, 9.17) is 0 Å². The maximum Gasteiger partial charge on any atom is -0.0205 e. The van der Waals surface area contributed by atoms with Gasteiger partial charge < -0.3 is 10.5 Å². The van der Waals surface area contributed by atoms with E-state index in [9.17, 15) is 0 Å². The summed E-state index contributed by atoms with van der Waals surface area (Å²) in [6.07, 6.45) is 2.86. The highest BCUT2D eigenvalue weighted by atomic mass is 15.3. The van der Waals surface area contributed by atoms with Gasteiger partial charge >= 0.3 is 0 Å². The van der Waals surface area contributed by atoms with Gasteiger partial charge in [-0.05, 0) is 12.6 Å². The molecule has 0 aromatic heterocycles. The highest BCUT2D eigenvalue weighted by Crippen LogP contribution is 1.95. The summed E-state index contributed by atoms with van der Waals surface area (Å²) >= 11 is 0. The molecule has 0 N–H and O–H groups in total. The van der Waals surface area contributed by atoms with Gasteiger partial charge in [-0.3, -0.25) is 0 Å². The lowest BCUT2D eigenvalue weighted by molar-refractivity contribution is 1.20. The number of hydrogen-bond donors (Lipinski definition) is 0. The highest BCUT2D eigenvalue weighted by molar-refractivity contribution is 5.61. The van der Waals surface area contributed by atoms with E-state index < -0.39 is 0 Å². The van der Waals surface area contributed by atoms with E-state index in [1.165, 1.54) is 0 Å². The molecule has 0 spiro atoms. The lowest BCUT2D eigenvalue weighted by Crippen LogP contribution is -1.65. The minimum Gasteiger partial charge on any atom is -0.602 e. The van der Waals surface area contributed by atoms with Gasteiger partial charge in [-0.15, -0.1) is 6.54 Å². The molecule has 1 rings (SSSR count). The SMILES string of the molecule is C1=N[N-]CC1. The van der Waals surface area contributed by atoms with Crippen molar-refractivity contribution in [3.8, 4) is 0 Å².